The molecule has 0 radical (unpaired) electrons. The van der Waals surface area contributed by atoms with Crippen LogP contribution in [0, 0.1) is 10.1 Å². The Morgan fingerprint density at radius 2 is 1.76 bits per heavy atom. The molecule has 1 heterocycles. The molecule has 192 valence electrons. The van der Waals surface area contributed by atoms with E-state index in [0.29, 0.717) is 37.6 Å². The van der Waals surface area contributed by atoms with E-state index < -0.39 is 20.9 Å². The molecule has 3 aromatic carbocycles. The minimum absolute atomic E-state index is 0.0880. The lowest BCUT2D eigenvalue weighted by atomic mass is 10.1. The number of carbonyl (C=O) groups excluding carboxylic acids is 1. The third-order valence-electron chi connectivity index (χ3n) is 5.84. The number of hydrogen-bond acceptors (Lipinski definition) is 8. The van der Waals surface area contributed by atoms with Gasteiger partial charge in [-0.1, -0.05) is 18.2 Å². The molecule has 0 saturated carbocycles. The number of nitrogens with one attached hydrogen (secondary N) is 1. The number of carbonyl (C=O) groups is 1. The van der Waals surface area contributed by atoms with Crippen LogP contribution in [0.3, 0.4) is 0 Å². The molecule has 12 heteroatoms. The molecule has 0 spiro atoms. The number of morpholine rings is 1. The summed E-state index contributed by atoms with van der Waals surface area (Å²) in [5.74, 6) is -0.519. The van der Waals surface area contributed by atoms with Gasteiger partial charge in [-0.3, -0.25) is 19.2 Å². The first-order chi connectivity index (χ1) is 17.8. The molecule has 3 aromatic rings. The van der Waals surface area contributed by atoms with Crippen molar-refractivity contribution in [3.8, 4) is 0 Å². The van der Waals surface area contributed by atoms with Crippen molar-refractivity contribution >= 4 is 39.2 Å². The number of benzene rings is 3. The van der Waals surface area contributed by atoms with Crippen LogP contribution < -0.4 is 14.6 Å². The molecular formula is C25H25N5O6S. The normalized spacial score (nSPS) is 13.9. The van der Waals surface area contributed by atoms with Gasteiger partial charge in [-0.05, 0) is 42.5 Å². The highest BCUT2D eigenvalue weighted by atomic mass is 32.2. The van der Waals surface area contributed by atoms with E-state index in [-0.39, 0.29) is 16.1 Å². The summed E-state index contributed by atoms with van der Waals surface area (Å²) < 4.78 is 32.1. The summed E-state index contributed by atoms with van der Waals surface area (Å²) in [4.78, 5) is 25.6. The minimum Gasteiger partial charge on any atom is -0.378 e. The van der Waals surface area contributed by atoms with Gasteiger partial charge in [0, 0.05) is 49.1 Å². The van der Waals surface area contributed by atoms with E-state index in [1.165, 1.54) is 61.8 Å². The summed E-state index contributed by atoms with van der Waals surface area (Å²) in [6.07, 6.45) is 1.37. The third-order valence-corrected chi connectivity index (χ3v) is 7.64. The van der Waals surface area contributed by atoms with Gasteiger partial charge in [0.2, 0.25) is 0 Å². The summed E-state index contributed by atoms with van der Waals surface area (Å²) in [7, 11) is -2.31. The molecule has 1 fully saturated rings. The van der Waals surface area contributed by atoms with Crippen LogP contribution in [0.2, 0.25) is 0 Å². The number of nitro groups is 1. The molecule has 11 nitrogen and oxygen atoms in total. The predicted octanol–water partition coefficient (Wildman–Crippen LogP) is 3.02. The second-order valence-corrected chi connectivity index (χ2v) is 10.1. The Balaban J connectivity index is 1.47. The van der Waals surface area contributed by atoms with Gasteiger partial charge >= 0.3 is 0 Å². The molecule has 37 heavy (non-hydrogen) atoms. The van der Waals surface area contributed by atoms with E-state index in [1.54, 1.807) is 24.3 Å². The first-order valence-electron chi connectivity index (χ1n) is 11.4. The second kappa shape index (κ2) is 11.2. The van der Waals surface area contributed by atoms with E-state index in [4.69, 9.17) is 4.74 Å². The van der Waals surface area contributed by atoms with Crippen LogP contribution in [0.5, 0.6) is 0 Å². The van der Waals surface area contributed by atoms with Crippen molar-refractivity contribution in [3.05, 3.63) is 94.0 Å². The summed E-state index contributed by atoms with van der Waals surface area (Å²) in [6.45, 7) is 2.35. The van der Waals surface area contributed by atoms with Crippen molar-refractivity contribution in [1.82, 2.24) is 5.43 Å². The van der Waals surface area contributed by atoms with E-state index in [1.807, 2.05) is 4.90 Å². The van der Waals surface area contributed by atoms with Gasteiger partial charge in [0.05, 0.1) is 34.9 Å². The van der Waals surface area contributed by atoms with E-state index >= 15 is 0 Å². The SMILES string of the molecule is CN(c1ccc(C(=O)N/N=C\c2cc([N+](=O)[O-])ccc2N2CCOCC2)cc1)S(=O)(=O)c1ccccc1. The first-order valence-corrected chi connectivity index (χ1v) is 12.8. The van der Waals surface area contributed by atoms with Crippen molar-refractivity contribution < 1.29 is 22.9 Å². The third kappa shape index (κ3) is 5.93. The highest BCUT2D eigenvalue weighted by molar-refractivity contribution is 7.92. The molecule has 1 aliphatic rings. The minimum atomic E-state index is -3.74. The zero-order chi connectivity index (χ0) is 26.4. The van der Waals surface area contributed by atoms with Crippen LogP contribution in [0.25, 0.3) is 0 Å². The standard InChI is InChI=1S/C25H25N5O6S/c1-28(37(34,35)23-5-3-2-4-6-23)21-9-7-19(8-10-21)25(31)27-26-18-20-17-22(30(32)33)11-12-24(20)29-13-15-36-16-14-29/h2-12,17-18H,13-16H2,1H3,(H,27,31)/b26-18-. The number of nitrogens with zero attached hydrogens (tertiary/aromatic N) is 4. The molecular weight excluding hydrogens is 498 g/mol. The fourth-order valence-corrected chi connectivity index (χ4v) is 5.00. The van der Waals surface area contributed by atoms with Crippen LogP contribution in [-0.2, 0) is 14.8 Å². The molecule has 0 atom stereocenters. The molecule has 1 aliphatic heterocycles. The lowest BCUT2D eigenvalue weighted by Crippen LogP contribution is -2.36. The number of nitro benzene ring substituents is 1. The van der Waals surface area contributed by atoms with Crippen molar-refractivity contribution in [2.75, 3.05) is 42.6 Å². The van der Waals surface area contributed by atoms with Gasteiger partial charge in [-0.25, -0.2) is 13.8 Å². The van der Waals surface area contributed by atoms with Crippen LogP contribution in [0.15, 0.2) is 82.8 Å². The molecule has 1 amide bonds. The van der Waals surface area contributed by atoms with Crippen LogP contribution in [0.4, 0.5) is 17.1 Å². The molecule has 0 aliphatic carbocycles. The van der Waals surface area contributed by atoms with Crippen molar-refractivity contribution in [2.24, 2.45) is 5.10 Å². The van der Waals surface area contributed by atoms with Crippen molar-refractivity contribution in [2.45, 2.75) is 4.90 Å². The Hall–Kier alpha value is -4.29. The Morgan fingerprint density at radius 3 is 2.41 bits per heavy atom. The van der Waals surface area contributed by atoms with E-state index in [2.05, 4.69) is 10.5 Å². The van der Waals surface area contributed by atoms with Gasteiger partial charge in [0.25, 0.3) is 21.6 Å². The lowest BCUT2D eigenvalue weighted by molar-refractivity contribution is -0.384. The van der Waals surface area contributed by atoms with E-state index in [9.17, 15) is 23.3 Å². The Kier molecular flexibility index (Phi) is 7.80. The Labute approximate surface area is 214 Å². The zero-order valence-electron chi connectivity index (χ0n) is 20.0. The van der Waals surface area contributed by atoms with Crippen molar-refractivity contribution in [1.29, 1.82) is 0 Å². The summed E-state index contributed by atoms with van der Waals surface area (Å²) in [5.41, 5.74) is 4.21. The number of sulfonamides is 1. The number of rotatable bonds is 8. The summed E-state index contributed by atoms with van der Waals surface area (Å²) in [6, 6.07) is 18.6. The van der Waals surface area contributed by atoms with Crippen molar-refractivity contribution in [3.63, 3.8) is 0 Å². The Morgan fingerprint density at radius 1 is 1.08 bits per heavy atom. The fraction of sp³-hybridized carbons (Fsp3) is 0.200. The highest BCUT2D eigenvalue weighted by Crippen LogP contribution is 2.25. The van der Waals surface area contributed by atoms with Crippen LogP contribution in [-0.4, -0.2) is 58.8 Å². The van der Waals surface area contributed by atoms with Gasteiger partial charge in [-0.2, -0.15) is 5.10 Å². The number of hydrogen-bond donors (Lipinski definition) is 1. The average molecular weight is 524 g/mol. The topological polar surface area (TPSA) is 134 Å². The summed E-state index contributed by atoms with van der Waals surface area (Å²) >= 11 is 0. The van der Waals surface area contributed by atoms with Crippen LogP contribution in [0.1, 0.15) is 15.9 Å². The van der Waals surface area contributed by atoms with E-state index in [0.717, 1.165) is 9.99 Å². The Bertz CT molecular complexity index is 1410. The fourth-order valence-electron chi connectivity index (χ4n) is 3.79. The molecule has 4 rings (SSSR count). The maximum absolute atomic E-state index is 12.8. The number of ether oxygens (including phenoxy) is 1. The highest BCUT2D eigenvalue weighted by Gasteiger charge is 2.21. The molecule has 1 saturated heterocycles. The maximum atomic E-state index is 12.8. The smallest absolute Gasteiger partial charge is 0.271 e. The van der Waals surface area contributed by atoms with Gasteiger partial charge < -0.3 is 9.64 Å². The maximum Gasteiger partial charge on any atom is 0.271 e. The molecule has 0 bridgehead atoms. The zero-order valence-corrected chi connectivity index (χ0v) is 20.8. The average Bonchev–Trinajstić information content (AvgIpc) is 2.93. The second-order valence-electron chi connectivity index (χ2n) is 8.13. The number of non-ortho nitro benzene ring substituents is 1. The lowest BCUT2D eigenvalue weighted by Gasteiger charge is -2.29. The first kappa shape index (κ1) is 25.8. The number of amides is 1. The number of hydrazone groups is 1. The molecule has 1 N–H and O–H groups in total. The quantitative estimate of drug-likeness (QED) is 0.272. The summed E-state index contributed by atoms with van der Waals surface area (Å²) in [5, 5.41) is 15.2. The van der Waals surface area contributed by atoms with Gasteiger partial charge in [-0.15, -0.1) is 0 Å². The van der Waals surface area contributed by atoms with Crippen LogP contribution >= 0.6 is 0 Å². The number of anilines is 2. The van der Waals surface area contributed by atoms with Gasteiger partial charge in [0.15, 0.2) is 0 Å². The molecule has 0 unspecified atom stereocenters. The van der Waals surface area contributed by atoms with Gasteiger partial charge in [0.1, 0.15) is 0 Å². The monoisotopic (exact) mass is 523 g/mol. The predicted molar refractivity (Wildman–Crippen MR) is 140 cm³/mol. The molecule has 0 aromatic heterocycles. The largest absolute Gasteiger partial charge is 0.378 e.